The number of rotatable bonds is 7. The molecule has 0 aliphatic heterocycles. The van der Waals surface area contributed by atoms with Crippen LogP contribution in [-0.2, 0) is 17.9 Å². The molecule has 1 amide bonds. The molecule has 1 heterocycles. The van der Waals surface area contributed by atoms with Gasteiger partial charge in [-0.05, 0) is 18.2 Å². The number of benzene rings is 2. The fraction of sp³-hybridized carbons (Fsp3) is 0.200. The van der Waals surface area contributed by atoms with Gasteiger partial charge in [0.2, 0.25) is 5.91 Å². The zero-order chi connectivity index (χ0) is 17.6. The van der Waals surface area contributed by atoms with Crippen molar-refractivity contribution in [3.8, 4) is 0 Å². The third kappa shape index (κ3) is 4.14. The highest BCUT2D eigenvalue weighted by molar-refractivity contribution is 5.81. The smallest absolute Gasteiger partial charge is 0.239 e. The van der Waals surface area contributed by atoms with E-state index in [1.54, 1.807) is 6.20 Å². The third-order valence-corrected chi connectivity index (χ3v) is 4.21. The Balaban J connectivity index is 1.77. The number of hydrogen-bond donors (Lipinski definition) is 1. The lowest BCUT2D eigenvalue weighted by Crippen LogP contribution is -2.35. The number of carbonyl (C=O) groups excluding carboxylic acids is 1. The first-order chi connectivity index (χ1) is 12.1. The summed E-state index contributed by atoms with van der Waals surface area (Å²) in [5.74, 6) is 0.531. The van der Waals surface area contributed by atoms with Gasteiger partial charge in [0.05, 0.1) is 6.54 Å². The minimum absolute atomic E-state index is 0.366. The summed E-state index contributed by atoms with van der Waals surface area (Å²) in [5.41, 5.74) is 7.75. The molecule has 0 saturated heterocycles. The summed E-state index contributed by atoms with van der Waals surface area (Å²) in [6.07, 6.45) is 3.74. The van der Waals surface area contributed by atoms with Crippen molar-refractivity contribution in [1.29, 1.82) is 0 Å². The lowest BCUT2D eigenvalue weighted by atomic mass is 10.1. The number of aromatic nitrogens is 2. The topological polar surface area (TPSA) is 64.2 Å². The molecule has 0 aliphatic rings. The maximum atomic E-state index is 12.0. The van der Waals surface area contributed by atoms with Crippen LogP contribution in [0.5, 0.6) is 0 Å². The second kappa shape index (κ2) is 7.77. The second-order valence-electron chi connectivity index (χ2n) is 6.09. The summed E-state index contributed by atoms with van der Waals surface area (Å²) in [5, 5.41) is 0. The van der Waals surface area contributed by atoms with Crippen molar-refractivity contribution in [3.63, 3.8) is 0 Å². The summed E-state index contributed by atoms with van der Waals surface area (Å²) in [4.78, 5) is 18.4. The van der Waals surface area contributed by atoms with Gasteiger partial charge >= 0.3 is 0 Å². The van der Waals surface area contributed by atoms with E-state index in [1.807, 2.05) is 66.7 Å². The van der Waals surface area contributed by atoms with Crippen molar-refractivity contribution < 1.29 is 4.79 Å². The van der Waals surface area contributed by atoms with Crippen LogP contribution in [-0.4, -0.2) is 27.4 Å². The number of likely N-dealkylation sites (N-methyl/N-ethyl adjacent to an activating group) is 1. The molecule has 0 saturated carbocycles. The number of carbonyl (C=O) groups is 1. The SMILES string of the molecule is CN(Cc1nccn1Cc1ccccc1)[C@@H](C(N)=O)c1ccccc1. The van der Waals surface area contributed by atoms with Gasteiger partial charge in [0.25, 0.3) is 0 Å². The van der Waals surface area contributed by atoms with Gasteiger partial charge in [-0.15, -0.1) is 0 Å². The van der Waals surface area contributed by atoms with Gasteiger partial charge in [-0.1, -0.05) is 60.7 Å². The van der Waals surface area contributed by atoms with Gasteiger partial charge < -0.3 is 10.3 Å². The highest BCUT2D eigenvalue weighted by atomic mass is 16.1. The Morgan fingerprint density at radius 1 is 1.12 bits per heavy atom. The van der Waals surface area contributed by atoms with Crippen molar-refractivity contribution in [3.05, 3.63) is 90.0 Å². The third-order valence-electron chi connectivity index (χ3n) is 4.21. The molecule has 2 N–H and O–H groups in total. The molecule has 2 aromatic carbocycles. The van der Waals surface area contributed by atoms with E-state index in [-0.39, 0.29) is 5.91 Å². The van der Waals surface area contributed by atoms with Crippen LogP contribution in [0.4, 0.5) is 0 Å². The van der Waals surface area contributed by atoms with Crippen LogP contribution in [0.1, 0.15) is 23.0 Å². The van der Waals surface area contributed by atoms with Crippen LogP contribution in [0.25, 0.3) is 0 Å². The summed E-state index contributed by atoms with van der Waals surface area (Å²) >= 11 is 0. The molecule has 0 bridgehead atoms. The van der Waals surface area contributed by atoms with Crippen molar-refractivity contribution in [2.24, 2.45) is 5.73 Å². The first-order valence-corrected chi connectivity index (χ1v) is 8.23. The lowest BCUT2D eigenvalue weighted by Gasteiger charge is -2.25. The van der Waals surface area contributed by atoms with E-state index in [9.17, 15) is 4.79 Å². The average molecular weight is 334 g/mol. The number of amides is 1. The monoisotopic (exact) mass is 334 g/mol. The largest absolute Gasteiger partial charge is 0.368 e. The van der Waals surface area contributed by atoms with Gasteiger partial charge in [-0.2, -0.15) is 0 Å². The average Bonchev–Trinajstić information content (AvgIpc) is 3.03. The van der Waals surface area contributed by atoms with Crippen LogP contribution in [0, 0.1) is 0 Å². The maximum Gasteiger partial charge on any atom is 0.239 e. The van der Waals surface area contributed by atoms with Crippen molar-refractivity contribution in [2.45, 2.75) is 19.1 Å². The molecular weight excluding hydrogens is 312 g/mol. The van der Waals surface area contributed by atoms with Crippen LogP contribution < -0.4 is 5.73 Å². The predicted molar refractivity (Wildman–Crippen MR) is 97.6 cm³/mol. The quantitative estimate of drug-likeness (QED) is 0.722. The first-order valence-electron chi connectivity index (χ1n) is 8.23. The number of primary amides is 1. The standard InChI is InChI=1S/C20H22N4O/c1-23(19(20(21)25)17-10-6-3-7-11-17)15-18-22-12-13-24(18)14-16-8-4-2-5-9-16/h2-13,19H,14-15H2,1H3,(H2,21,25)/t19-/m1/s1. The molecular formula is C20H22N4O. The molecule has 5 heteroatoms. The van der Waals surface area contributed by atoms with Crippen LogP contribution in [0.15, 0.2) is 73.1 Å². The fourth-order valence-corrected chi connectivity index (χ4v) is 3.00. The normalized spacial score (nSPS) is 12.2. The van der Waals surface area contributed by atoms with Crippen LogP contribution in [0.3, 0.4) is 0 Å². The second-order valence-corrected chi connectivity index (χ2v) is 6.09. The van der Waals surface area contributed by atoms with Crippen molar-refractivity contribution in [2.75, 3.05) is 7.05 Å². The van der Waals surface area contributed by atoms with Gasteiger partial charge in [0.1, 0.15) is 11.9 Å². The van der Waals surface area contributed by atoms with Crippen molar-refractivity contribution >= 4 is 5.91 Å². The van der Waals surface area contributed by atoms with E-state index < -0.39 is 6.04 Å². The molecule has 25 heavy (non-hydrogen) atoms. The molecule has 1 atom stereocenters. The summed E-state index contributed by atoms with van der Waals surface area (Å²) < 4.78 is 2.09. The number of nitrogens with zero attached hydrogens (tertiary/aromatic N) is 3. The van der Waals surface area contributed by atoms with Crippen LogP contribution in [0.2, 0.25) is 0 Å². The minimum Gasteiger partial charge on any atom is -0.368 e. The number of hydrogen-bond acceptors (Lipinski definition) is 3. The molecule has 0 fully saturated rings. The van der Waals surface area contributed by atoms with Gasteiger partial charge in [-0.25, -0.2) is 4.98 Å². The molecule has 0 spiro atoms. The zero-order valence-electron chi connectivity index (χ0n) is 14.2. The van der Waals surface area contributed by atoms with E-state index in [0.29, 0.717) is 6.54 Å². The Kier molecular flexibility index (Phi) is 5.26. The first kappa shape index (κ1) is 16.9. The Hall–Kier alpha value is -2.92. The Morgan fingerprint density at radius 3 is 2.40 bits per heavy atom. The summed E-state index contributed by atoms with van der Waals surface area (Å²) in [6.45, 7) is 1.28. The number of imidazole rings is 1. The molecule has 1 aromatic heterocycles. The van der Waals surface area contributed by atoms with Gasteiger partial charge in [-0.3, -0.25) is 9.69 Å². The van der Waals surface area contributed by atoms with Gasteiger partial charge in [0, 0.05) is 18.9 Å². The molecule has 0 unspecified atom stereocenters. The molecule has 3 rings (SSSR count). The highest BCUT2D eigenvalue weighted by Gasteiger charge is 2.23. The molecule has 3 aromatic rings. The molecule has 0 aliphatic carbocycles. The summed E-state index contributed by atoms with van der Waals surface area (Å²) in [7, 11) is 1.89. The Labute approximate surface area is 147 Å². The maximum absolute atomic E-state index is 12.0. The van der Waals surface area contributed by atoms with E-state index >= 15 is 0 Å². The molecule has 0 radical (unpaired) electrons. The van der Waals surface area contributed by atoms with Crippen LogP contribution >= 0.6 is 0 Å². The van der Waals surface area contributed by atoms with E-state index in [0.717, 1.165) is 17.9 Å². The van der Waals surface area contributed by atoms with E-state index in [4.69, 9.17) is 5.73 Å². The lowest BCUT2D eigenvalue weighted by molar-refractivity contribution is -0.123. The molecule has 5 nitrogen and oxygen atoms in total. The number of nitrogens with two attached hydrogens (primary N) is 1. The highest BCUT2D eigenvalue weighted by Crippen LogP contribution is 2.20. The zero-order valence-corrected chi connectivity index (χ0v) is 14.2. The van der Waals surface area contributed by atoms with Crippen molar-refractivity contribution in [1.82, 2.24) is 14.5 Å². The molecule has 128 valence electrons. The Morgan fingerprint density at radius 2 is 1.76 bits per heavy atom. The predicted octanol–water partition coefficient (Wildman–Crippen LogP) is 2.59. The summed E-state index contributed by atoms with van der Waals surface area (Å²) in [6, 6.07) is 19.3. The van der Waals surface area contributed by atoms with Gasteiger partial charge in [0.15, 0.2) is 0 Å². The van der Waals surface area contributed by atoms with E-state index in [1.165, 1.54) is 5.56 Å². The Bertz CT molecular complexity index is 814. The minimum atomic E-state index is -0.483. The van der Waals surface area contributed by atoms with E-state index in [2.05, 4.69) is 21.7 Å². The fourth-order valence-electron chi connectivity index (χ4n) is 3.00.